The molecule has 0 radical (unpaired) electrons. The molecule has 4 heterocycles. The lowest BCUT2D eigenvalue weighted by atomic mass is 9.81. The Morgan fingerprint density at radius 3 is 2.70 bits per heavy atom. The predicted molar refractivity (Wildman–Crippen MR) is 168 cm³/mol. The van der Waals surface area contributed by atoms with Gasteiger partial charge in [0.25, 0.3) is 5.91 Å². The van der Waals surface area contributed by atoms with E-state index in [9.17, 15) is 18.8 Å². The van der Waals surface area contributed by atoms with E-state index in [0.717, 1.165) is 34.5 Å². The minimum Gasteiger partial charge on any atom is -0.381 e. The number of hydrogen-bond acceptors (Lipinski definition) is 6. The molecule has 6 rings (SSSR count). The Kier molecular flexibility index (Phi) is 9.67. The minimum atomic E-state index is -1.29. The Morgan fingerprint density at radius 1 is 1.04 bits per heavy atom. The lowest BCUT2D eigenvalue weighted by Gasteiger charge is -2.43. The summed E-state index contributed by atoms with van der Waals surface area (Å²) in [6.07, 6.45) is 10.6. The largest absolute Gasteiger partial charge is 0.381 e. The van der Waals surface area contributed by atoms with Crippen molar-refractivity contribution in [2.45, 2.75) is 69.4 Å². The fourth-order valence-corrected chi connectivity index (χ4v) is 6.94. The van der Waals surface area contributed by atoms with Gasteiger partial charge in [0.15, 0.2) is 11.6 Å². The molecule has 3 aromatic rings. The molecule has 4 atom stereocenters. The van der Waals surface area contributed by atoms with Gasteiger partial charge >= 0.3 is 0 Å². The summed E-state index contributed by atoms with van der Waals surface area (Å²) in [5.41, 5.74) is 3.21. The Balaban J connectivity index is 1.32. The topological polar surface area (TPSA) is 114 Å². The van der Waals surface area contributed by atoms with Crippen LogP contribution in [0.5, 0.6) is 0 Å². The maximum atomic E-state index is 15.0. The summed E-state index contributed by atoms with van der Waals surface area (Å²) in [6.45, 7) is 2.91. The summed E-state index contributed by atoms with van der Waals surface area (Å²) in [5.74, 6) is -4.79. The van der Waals surface area contributed by atoms with Crippen LogP contribution in [0, 0.1) is 17.5 Å². The average Bonchev–Trinajstić information content (AvgIpc) is 3.49. The van der Waals surface area contributed by atoms with Crippen LogP contribution in [0.15, 0.2) is 42.7 Å². The summed E-state index contributed by atoms with van der Waals surface area (Å²) in [5, 5.41) is 5.47. The molecule has 0 saturated carbocycles. The molecule has 12 heteroatoms. The third-order valence-corrected chi connectivity index (χ3v) is 9.38. The van der Waals surface area contributed by atoms with Crippen molar-refractivity contribution >= 4 is 30.1 Å². The number of piperidine rings is 1. The van der Waals surface area contributed by atoms with E-state index in [1.54, 1.807) is 19.2 Å². The summed E-state index contributed by atoms with van der Waals surface area (Å²) in [7, 11) is 0. The number of halogens is 3. The van der Waals surface area contributed by atoms with E-state index in [1.807, 2.05) is 18.2 Å². The van der Waals surface area contributed by atoms with Crippen LogP contribution >= 0.6 is 0 Å². The van der Waals surface area contributed by atoms with Crippen LogP contribution in [0.3, 0.4) is 0 Å². The predicted octanol–water partition coefficient (Wildman–Crippen LogP) is 5.06. The lowest BCUT2D eigenvalue weighted by molar-refractivity contribution is -0.139. The molecule has 3 aliphatic rings. The molecule has 1 fully saturated rings. The van der Waals surface area contributed by atoms with Gasteiger partial charge in [-0.15, -0.1) is 0 Å². The molecular formula is C35H36F3N5O4. The summed E-state index contributed by atoms with van der Waals surface area (Å²) >= 11 is 0. The van der Waals surface area contributed by atoms with E-state index >= 15 is 8.78 Å². The first-order valence-corrected chi connectivity index (χ1v) is 15.9. The third-order valence-electron chi connectivity index (χ3n) is 9.38. The Bertz CT molecular complexity index is 1720. The van der Waals surface area contributed by atoms with Gasteiger partial charge in [-0.3, -0.25) is 19.4 Å². The van der Waals surface area contributed by atoms with Crippen molar-refractivity contribution in [2.24, 2.45) is 0 Å². The van der Waals surface area contributed by atoms with Gasteiger partial charge < -0.3 is 20.3 Å². The van der Waals surface area contributed by atoms with E-state index in [0.29, 0.717) is 57.5 Å². The molecule has 47 heavy (non-hydrogen) atoms. The van der Waals surface area contributed by atoms with Gasteiger partial charge in [-0.05, 0) is 92.3 Å². The van der Waals surface area contributed by atoms with E-state index in [2.05, 4.69) is 20.6 Å². The SMILES string of the molecule is CC1C(c2c(F)ccc(F)c2F)CC2NC(=O)c3cnc4c(c3)CC(C4)c3cc(cnc3NC=O)/C=C/CCOCCCCN1C2=O. The molecule has 7 bridgehead atoms. The molecule has 1 aromatic carbocycles. The van der Waals surface area contributed by atoms with Crippen LogP contribution in [0.25, 0.3) is 6.08 Å². The molecular weight excluding hydrogens is 611 g/mol. The maximum absolute atomic E-state index is 15.0. The third kappa shape index (κ3) is 6.78. The van der Waals surface area contributed by atoms with E-state index < -0.39 is 46.9 Å². The molecule has 246 valence electrons. The quantitative estimate of drug-likeness (QED) is 0.304. The summed E-state index contributed by atoms with van der Waals surface area (Å²) in [4.78, 5) is 49.2. The second-order valence-corrected chi connectivity index (χ2v) is 12.3. The van der Waals surface area contributed by atoms with Gasteiger partial charge in [0.1, 0.15) is 17.7 Å². The molecule has 4 unspecified atom stereocenters. The zero-order valence-electron chi connectivity index (χ0n) is 26.0. The first kappa shape index (κ1) is 32.4. The van der Waals surface area contributed by atoms with Crippen molar-refractivity contribution < 1.29 is 32.3 Å². The Labute approximate surface area is 270 Å². The van der Waals surface area contributed by atoms with Crippen molar-refractivity contribution in [3.05, 3.63) is 93.7 Å². The number of anilines is 1. The van der Waals surface area contributed by atoms with Crippen LogP contribution in [0.1, 0.15) is 82.7 Å². The summed E-state index contributed by atoms with van der Waals surface area (Å²) < 4.78 is 50.1. The van der Waals surface area contributed by atoms with Crippen LogP contribution in [0.4, 0.5) is 19.0 Å². The molecule has 2 aromatic heterocycles. The molecule has 2 aliphatic heterocycles. The van der Waals surface area contributed by atoms with Crippen LogP contribution in [0.2, 0.25) is 0 Å². The number of pyridine rings is 2. The second kappa shape index (κ2) is 14.0. The summed E-state index contributed by atoms with van der Waals surface area (Å²) in [6, 6.07) is 3.61. The number of nitrogens with one attached hydrogen (secondary N) is 2. The minimum absolute atomic E-state index is 0.0490. The first-order chi connectivity index (χ1) is 22.7. The fraction of sp³-hybridized carbons (Fsp3) is 0.400. The Hall–Kier alpha value is -4.58. The number of nitrogens with zero attached hydrogens (tertiary/aromatic N) is 3. The van der Waals surface area contributed by atoms with Crippen molar-refractivity contribution in [3.8, 4) is 0 Å². The van der Waals surface area contributed by atoms with Crippen molar-refractivity contribution in [3.63, 3.8) is 0 Å². The standard InChI is InChI=1S/C35H36F3N5O4/c1-20-25(31-27(36)7-8-28(37)32(31)38)16-30-35(46)43(20)9-3-5-11-47-10-4-2-6-21-12-26(33(40-17-21)41-19-44)22-13-23-14-24(34(45)42-30)18-39-29(23)15-22/h2,6-8,12,14,17-20,22,25,30H,3-5,9-11,13,15-16H2,1H3,(H,42,45)(H,40,41,44)/b6-2+. The van der Waals surface area contributed by atoms with Gasteiger partial charge in [0, 0.05) is 48.8 Å². The average molecular weight is 648 g/mol. The zero-order chi connectivity index (χ0) is 33.1. The number of aromatic nitrogens is 2. The van der Waals surface area contributed by atoms with Crippen molar-refractivity contribution in [1.29, 1.82) is 0 Å². The van der Waals surface area contributed by atoms with Crippen LogP contribution < -0.4 is 10.6 Å². The van der Waals surface area contributed by atoms with Gasteiger partial charge in [-0.1, -0.05) is 12.2 Å². The smallest absolute Gasteiger partial charge is 0.253 e. The number of fused-ring (bicyclic) bond motifs is 7. The molecule has 9 nitrogen and oxygen atoms in total. The van der Waals surface area contributed by atoms with Gasteiger partial charge in [0.2, 0.25) is 12.3 Å². The fourth-order valence-electron chi connectivity index (χ4n) is 6.94. The Morgan fingerprint density at radius 2 is 1.87 bits per heavy atom. The van der Waals surface area contributed by atoms with Crippen LogP contribution in [-0.4, -0.2) is 64.9 Å². The van der Waals surface area contributed by atoms with Crippen molar-refractivity contribution in [2.75, 3.05) is 25.1 Å². The normalized spacial score (nSPS) is 24.2. The molecule has 2 N–H and O–H groups in total. The second-order valence-electron chi connectivity index (χ2n) is 12.3. The van der Waals surface area contributed by atoms with Gasteiger partial charge in [-0.2, -0.15) is 0 Å². The number of rotatable bonds is 3. The number of amides is 3. The van der Waals surface area contributed by atoms with E-state index in [4.69, 9.17) is 4.74 Å². The highest BCUT2D eigenvalue weighted by molar-refractivity contribution is 5.98. The number of ether oxygens (including phenoxy) is 1. The molecule has 3 amide bonds. The van der Waals surface area contributed by atoms with Crippen LogP contribution in [-0.2, 0) is 27.2 Å². The molecule has 0 spiro atoms. The highest BCUT2D eigenvalue weighted by atomic mass is 19.2. The highest BCUT2D eigenvalue weighted by Gasteiger charge is 2.43. The lowest BCUT2D eigenvalue weighted by Crippen LogP contribution is -2.58. The van der Waals surface area contributed by atoms with E-state index in [-0.39, 0.29) is 30.4 Å². The molecule has 1 saturated heterocycles. The number of hydrogen-bond donors (Lipinski definition) is 2. The van der Waals surface area contributed by atoms with Gasteiger partial charge in [0.05, 0.1) is 12.2 Å². The van der Waals surface area contributed by atoms with E-state index in [1.165, 1.54) is 11.1 Å². The first-order valence-electron chi connectivity index (χ1n) is 15.9. The van der Waals surface area contributed by atoms with Crippen molar-refractivity contribution in [1.82, 2.24) is 20.2 Å². The zero-order valence-corrected chi connectivity index (χ0v) is 26.0. The molecule has 1 aliphatic carbocycles. The monoisotopic (exact) mass is 647 g/mol. The maximum Gasteiger partial charge on any atom is 0.253 e. The number of carbonyl (C=O) groups is 3. The van der Waals surface area contributed by atoms with Gasteiger partial charge in [-0.25, -0.2) is 18.2 Å². The number of carbonyl (C=O) groups excluding carboxylic acids is 3. The highest BCUT2D eigenvalue weighted by Crippen LogP contribution is 2.38. The number of benzene rings is 1.